The summed E-state index contributed by atoms with van der Waals surface area (Å²) in [5.41, 5.74) is 1.41. The maximum atomic E-state index is 11.8. The van der Waals surface area contributed by atoms with E-state index in [0.29, 0.717) is 17.9 Å². The van der Waals surface area contributed by atoms with Gasteiger partial charge in [-0.2, -0.15) is 0 Å². The lowest BCUT2D eigenvalue weighted by atomic mass is 10.2. The van der Waals surface area contributed by atoms with Crippen molar-refractivity contribution in [1.82, 2.24) is 10.3 Å². The maximum absolute atomic E-state index is 11.8. The first kappa shape index (κ1) is 16.5. The van der Waals surface area contributed by atoms with Gasteiger partial charge in [0.25, 0.3) is 5.91 Å². The molecule has 2 aromatic rings. The van der Waals surface area contributed by atoms with Crippen molar-refractivity contribution in [2.24, 2.45) is 0 Å². The van der Waals surface area contributed by atoms with Crippen LogP contribution in [-0.4, -0.2) is 23.5 Å². The molecule has 0 fully saturated rings. The minimum atomic E-state index is -0.167. The van der Waals surface area contributed by atoms with Crippen molar-refractivity contribution in [3.63, 3.8) is 0 Å². The SMILES string of the molecule is C=CCNC(=O)c1ccc(Nc2ccc(OC(C)C)cc2)nc1. The molecule has 0 aliphatic carbocycles. The molecule has 2 rings (SSSR count). The zero-order chi connectivity index (χ0) is 16.7. The van der Waals surface area contributed by atoms with Crippen LogP contribution in [0.5, 0.6) is 5.75 Å². The van der Waals surface area contributed by atoms with E-state index in [1.165, 1.54) is 6.20 Å². The predicted octanol–water partition coefficient (Wildman–Crippen LogP) is 3.53. The number of hydrogen-bond acceptors (Lipinski definition) is 4. The minimum Gasteiger partial charge on any atom is -0.491 e. The van der Waals surface area contributed by atoms with Gasteiger partial charge in [-0.3, -0.25) is 4.79 Å². The Morgan fingerprint density at radius 3 is 2.57 bits per heavy atom. The first-order chi connectivity index (χ1) is 11.1. The predicted molar refractivity (Wildman–Crippen MR) is 92.3 cm³/mol. The van der Waals surface area contributed by atoms with Gasteiger partial charge in [0.2, 0.25) is 0 Å². The summed E-state index contributed by atoms with van der Waals surface area (Å²) < 4.78 is 5.60. The zero-order valence-corrected chi connectivity index (χ0v) is 13.4. The first-order valence-electron chi connectivity index (χ1n) is 7.47. The van der Waals surface area contributed by atoms with Crippen LogP contribution in [0.2, 0.25) is 0 Å². The molecular formula is C18H21N3O2. The van der Waals surface area contributed by atoms with Crippen LogP contribution in [0.4, 0.5) is 11.5 Å². The fourth-order valence-electron chi connectivity index (χ4n) is 1.91. The van der Waals surface area contributed by atoms with Crippen molar-refractivity contribution in [3.8, 4) is 5.75 Å². The average Bonchev–Trinajstić information content (AvgIpc) is 2.54. The number of ether oxygens (including phenoxy) is 1. The molecule has 1 aromatic carbocycles. The normalized spacial score (nSPS) is 10.2. The molecule has 0 atom stereocenters. The Balaban J connectivity index is 1.97. The molecule has 0 saturated heterocycles. The van der Waals surface area contributed by atoms with Gasteiger partial charge in [-0.25, -0.2) is 4.98 Å². The van der Waals surface area contributed by atoms with Crippen LogP contribution < -0.4 is 15.4 Å². The molecule has 0 spiro atoms. The van der Waals surface area contributed by atoms with Crippen molar-refractivity contribution in [3.05, 3.63) is 60.8 Å². The van der Waals surface area contributed by atoms with Crippen LogP contribution in [0.1, 0.15) is 24.2 Å². The number of anilines is 2. The molecule has 5 heteroatoms. The first-order valence-corrected chi connectivity index (χ1v) is 7.47. The van der Waals surface area contributed by atoms with Crippen molar-refractivity contribution in [2.45, 2.75) is 20.0 Å². The molecule has 1 aromatic heterocycles. The summed E-state index contributed by atoms with van der Waals surface area (Å²) in [5, 5.41) is 5.89. The van der Waals surface area contributed by atoms with Crippen LogP contribution in [-0.2, 0) is 0 Å². The molecule has 0 aliphatic rings. The van der Waals surface area contributed by atoms with E-state index in [1.807, 2.05) is 38.1 Å². The standard InChI is InChI=1S/C18H21N3O2/c1-4-11-19-18(22)14-5-10-17(20-12-14)21-15-6-8-16(9-7-15)23-13(2)3/h4-10,12-13H,1,11H2,2-3H3,(H,19,22)(H,20,21). The van der Waals surface area contributed by atoms with E-state index in [9.17, 15) is 4.79 Å². The molecule has 0 unspecified atom stereocenters. The Labute approximate surface area is 136 Å². The third-order valence-electron chi connectivity index (χ3n) is 2.93. The van der Waals surface area contributed by atoms with Gasteiger partial charge < -0.3 is 15.4 Å². The number of rotatable bonds is 7. The molecule has 2 N–H and O–H groups in total. The molecule has 0 aliphatic heterocycles. The van der Waals surface area contributed by atoms with Crippen LogP contribution in [0.3, 0.4) is 0 Å². The molecule has 23 heavy (non-hydrogen) atoms. The number of carbonyl (C=O) groups is 1. The van der Waals surface area contributed by atoms with Gasteiger partial charge in [-0.15, -0.1) is 6.58 Å². The number of amides is 1. The van der Waals surface area contributed by atoms with E-state index in [4.69, 9.17) is 4.74 Å². The average molecular weight is 311 g/mol. The lowest BCUT2D eigenvalue weighted by molar-refractivity contribution is 0.0957. The second-order valence-electron chi connectivity index (χ2n) is 5.25. The Morgan fingerprint density at radius 1 is 1.26 bits per heavy atom. The highest BCUT2D eigenvalue weighted by Crippen LogP contribution is 2.19. The lowest BCUT2D eigenvalue weighted by Crippen LogP contribution is -2.23. The van der Waals surface area contributed by atoms with E-state index in [2.05, 4.69) is 22.2 Å². The summed E-state index contributed by atoms with van der Waals surface area (Å²) in [6.45, 7) is 7.97. The van der Waals surface area contributed by atoms with Gasteiger partial charge in [0, 0.05) is 18.4 Å². The van der Waals surface area contributed by atoms with Gasteiger partial charge in [0.15, 0.2) is 0 Å². The molecule has 1 heterocycles. The number of benzene rings is 1. The third-order valence-corrected chi connectivity index (χ3v) is 2.93. The summed E-state index contributed by atoms with van der Waals surface area (Å²) >= 11 is 0. The van der Waals surface area contributed by atoms with Crippen LogP contribution in [0.15, 0.2) is 55.3 Å². The largest absolute Gasteiger partial charge is 0.491 e. The van der Waals surface area contributed by atoms with E-state index < -0.39 is 0 Å². The molecule has 1 amide bonds. The molecule has 5 nitrogen and oxygen atoms in total. The number of aromatic nitrogens is 1. The molecule has 0 radical (unpaired) electrons. The maximum Gasteiger partial charge on any atom is 0.253 e. The van der Waals surface area contributed by atoms with Crippen LogP contribution in [0, 0.1) is 0 Å². The van der Waals surface area contributed by atoms with E-state index in [1.54, 1.807) is 18.2 Å². The van der Waals surface area contributed by atoms with E-state index in [-0.39, 0.29) is 12.0 Å². The van der Waals surface area contributed by atoms with Gasteiger partial charge >= 0.3 is 0 Å². The topological polar surface area (TPSA) is 63.2 Å². The summed E-state index contributed by atoms with van der Waals surface area (Å²) in [5.74, 6) is 1.33. The fourth-order valence-corrected chi connectivity index (χ4v) is 1.91. The monoisotopic (exact) mass is 311 g/mol. The summed E-state index contributed by atoms with van der Waals surface area (Å²) in [6.07, 6.45) is 3.32. The van der Waals surface area contributed by atoms with Crippen molar-refractivity contribution < 1.29 is 9.53 Å². The number of hydrogen-bond donors (Lipinski definition) is 2. The summed E-state index contributed by atoms with van der Waals surface area (Å²) in [4.78, 5) is 16.0. The second-order valence-corrected chi connectivity index (χ2v) is 5.25. The molecule has 120 valence electrons. The third kappa shape index (κ3) is 5.14. The Bertz CT molecular complexity index is 649. The Hall–Kier alpha value is -2.82. The van der Waals surface area contributed by atoms with E-state index >= 15 is 0 Å². The fraction of sp³-hybridized carbons (Fsp3) is 0.222. The zero-order valence-electron chi connectivity index (χ0n) is 13.4. The molecule has 0 saturated carbocycles. The molecular weight excluding hydrogens is 290 g/mol. The lowest BCUT2D eigenvalue weighted by Gasteiger charge is -2.11. The van der Waals surface area contributed by atoms with Crippen LogP contribution in [0.25, 0.3) is 0 Å². The summed E-state index contributed by atoms with van der Waals surface area (Å²) in [7, 11) is 0. The number of carbonyl (C=O) groups excluding carboxylic acids is 1. The molecule has 0 bridgehead atoms. The minimum absolute atomic E-state index is 0.148. The van der Waals surface area contributed by atoms with Gasteiger partial charge in [-0.05, 0) is 50.2 Å². The van der Waals surface area contributed by atoms with Gasteiger partial charge in [0.05, 0.1) is 11.7 Å². The van der Waals surface area contributed by atoms with Gasteiger partial charge in [-0.1, -0.05) is 6.08 Å². The van der Waals surface area contributed by atoms with Crippen molar-refractivity contribution in [2.75, 3.05) is 11.9 Å². The highest BCUT2D eigenvalue weighted by molar-refractivity contribution is 5.94. The number of pyridine rings is 1. The highest BCUT2D eigenvalue weighted by Gasteiger charge is 2.05. The Morgan fingerprint density at radius 2 is 2.00 bits per heavy atom. The smallest absolute Gasteiger partial charge is 0.253 e. The van der Waals surface area contributed by atoms with E-state index in [0.717, 1.165) is 11.4 Å². The van der Waals surface area contributed by atoms with Crippen LogP contribution >= 0.6 is 0 Å². The highest BCUT2D eigenvalue weighted by atomic mass is 16.5. The number of nitrogens with one attached hydrogen (secondary N) is 2. The number of nitrogens with zero attached hydrogens (tertiary/aromatic N) is 1. The quantitative estimate of drug-likeness (QED) is 0.768. The van der Waals surface area contributed by atoms with Crippen molar-refractivity contribution >= 4 is 17.4 Å². The van der Waals surface area contributed by atoms with Crippen molar-refractivity contribution in [1.29, 1.82) is 0 Å². The van der Waals surface area contributed by atoms with Gasteiger partial charge in [0.1, 0.15) is 11.6 Å². The Kier molecular flexibility index (Phi) is 5.74. The summed E-state index contributed by atoms with van der Waals surface area (Å²) in [6, 6.07) is 11.1. The second kappa shape index (κ2) is 7.98.